The van der Waals surface area contributed by atoms with Crippen LogP contribution < -0.4 is 0 Å². The van der Waals surface area contributed by atoms with Crippen molar-refractivity contribution in [1.29, 1.82) is 0 Å². The van der Waals surface area contributed by atoms with E-state index in [4.69, 9.17) is 9.97 Å². The van der Waals surface area contributed by atoms with Crippen molar-refractivity contribution in [3.8, 4) is 34.0 Å². The highest BCUT2D eigenvalue weighted by Crippen LogP contribution is 2.36. The van der Waals surface area contributed by atoms with E-state index in [-0.39, 0.29) is 0 Å². The Morgan fingerprint density at radius 3 is 1.59 bits per heavy atom. The van der Waals surface area contributed by atoms with Gasteiger partial charge in [-0.15, -0.1) is 0 Å². The van der Waals surface area contributed by atoms with Crippen molar-refractivity contribution in [3.05, 3.63) is 158 Å². The van der Waals surface area contributed by atoms with Gasteiger partial charge in [0.2, 0.25) is 5.95 Å². The molecular weight excluding hydrogens is 536 g/mol. The summed E-state index contributed by atoms with van der Waals surface area (Å²) in [5.41, 5.74) is 10.0. The Balaban J connectivity index is 1.20. The number of aromatic nitrogens is 4. The first-order valence-corrected chi connectivity index (χ1v) is 14.8. The summed E-state index contributed by atoms with van der Waals surface area (Å²) < 4.78 is 4.55. The smallest absolute Gasteiger partial charge is 0.235 e. The predicted octanol–water partition coefficient (Wildman–Crippen LogP) is 10.0. The third-order valence-corrected chi connectivity index (χ3v) is 8.63. The topological polar surface area (TPSA) is 35.6 Å². The highest BCUT2D eigenvalue weighted by atomic mass is 15.2. The van der Waals surface area contributed by atoms with E-state index < -0.39 is 0 Å². The lowest BCUT2D eigenvalue weighted by atomic mass is 10.0. The summed E-state index contributed by atoms with van der Waals surface area (Å²) >= 11 is 0. The summed E-state index contributed by atoms with van der Waals surface area (Å²) in [6.07, 6.45) is 1.86. The fourth-order valence-corrected chi connectivity index (χ4v) is 6.60. The van der Waals surface area contributed by atoms with Gasteiger partial charge < -0.3 is 4.57 Å². The molecule has 0 fully saturated rings. The van der Waals surface area contributed by atoms with E-state index in [9.17, 15) is 0 Å². The minimum absolute atomic E-state index is 0.658. The number of hydrogen-bond donors (Lipinski definition) is 0. The molecule has 0 atom stereocenters. The van der Waals surface area contributed by atoms with Crippen LogP contribution in [0.4, 0.5) is 0 Å². The molecule has 6 aromatic carbocycles. The van der Waals surface area contributed by atoms with Gasteiger partial charge in [0.25, 0.3) is 0 Å². The summed E-state index contributed by atoms with van der Waals surface area (Å²) in [6, 6.07) is 53.5. The molecular formula is C40H26N4. The summed E-state index contributed by atoms with van der Waals surface area (Å²) in [5, 5.41) is 4.85. The quantitative estimate of drug-likeness (QED) is 0.214. The first-order valence-electron chi connectivity index (χ1n) is 14.8. The lowest BCUT2D eigenvalue weighted by Crippen LogP contribution is -2.02. The SMILES string of the molecule is c1ccc(-c2ccc(-c3ccnc(-n4c5ccccc5c5cc(-n6c7ccccc7c7ccccc76)ccc54)n3)cc2)cc1. The molecule has 0 aliphatic heterocycles. The van der Waals surface area contributed by atoms with E-state index in [0.717, 1.165) is 28.0 Å². The monoisotopic (exact) mass is 562 g/mol. The highest BCUT2D eigenvalue weighted by molar-refractivity contribution is 6.12. The van der Waals surface area contributed by atoms with Crippen LogP contribution in [-0.4, -0.2) is 19.1 Å². The summed E-state index contributed by atoms with van der Waals surface area (Å²) in [5.74, 6) is 0.658. The first kappa shape index (κ1) is 24.6. The fraction of sp³-hybridized carbons (Fsp3) is 0. The average molecular weight is 563 g/mol. The second-order valence-corrected chi connectivity index (χ2v) is 11.1. The second-order valence-electron chi connectivity index (χ2n) is 11.1. The van der Waals surface area contributed by atoms with Crippen molar-refractivity contribution in [3.63, 3.8) is 0 Å². The fourth-order valence-electron chi connectivity index (χ4n) is 6.60. The van der Waals surface area contributed by atoms with Crippen LogP contribution in [0.3, 0.4) is 0 Å². The lowest BCUT2D eigenvalue weighted by molar-refractivity contribution is 0.992. The molecule has 0 saturated carbocycles. The van der Waals surface area contributed by atoms with Crippen LogP contribution in [0, 0.1) is 0 Å². The maximum Gasteiger partial charge on any atom is 0.235 e. The van der Waals surface area contributed by atoms with Gasteiger partial charge in [-0.25, -0.2) is 9.97 Å². The van der Waals surface area contributed by atoms with Crippen molar-refractivity contribution >= 4 is 43.6 Å². The van der Waals surface area contributed by atoms with E-state index in [0.29, 0.717) is 5.95 Å². The molecule has 0 unspecified atom stereocenters. The van der Waals surface area contributed by atoms with Gasteiger partial charge in [-0.2, -0.15) is 0 Å². The largest absolute Gasteiger partial charge is 0.309 e. The minimum atomic E-state index is 0.658. The molecule has 0 aliphatic rings. The molecule has 0 amide bonds. The molecule has 9 rings (SSSR count). The lowest BCUT2D eigenvalue weighted by Gasteiger charge is -2.10. The van der Waals surface area contributed by atoms with Crippen molar-refractivity contribution in [2.24, 2.45) is 0 Å². The van der Waals surface area contributed by atoms with Crippen LogP contribution in [0.1, 0.15) is 0 Å². The molecule has 4 heteroatoms. The zero-order chi connectivity index (χ0) is 29.0. The average Bonchev–Trinajstić information content (AvgIpc) is 3.61. The normalized spacial score (nSPS) is 11.6. The maximum absolute atomic E-state index is 5.09. The van der Waals surface area contributed by atoms with E-state index in [1.54, 1.807) is 0 Å². The first-order chi connectivity index (χ1) is 21.8. The van der Waals surface area contributed by atoms with Crippen LogP contribution in [-0.2, 0) is 0 Å². The van der Waals surface area contributed by atoms with Crippen LogP contribution >= 0.6 is 0 Å². The molecule has 0 spiro atoms. The molecule has 4 nitrogen and oxygen atoms in total. The van der Waals surface area contributed by atoms with Crippen molar-refractivity contribution in [1.82, 2.24) is 19.1 Å². The molecule has 44 heavy (non-hydrogen) atoms. The van der Waals surface area contributed by atoms with Crippen molar-refractivity contribution < 1.29 is 0 Å². The Labute approximate surface area is 254 Å². The van der Waals surface area contributed by atoms with E-state index in [1.807, 2.05) is 18.3 Å². The van der Waals surface area contributed by atoms with Crippen LogP contribution in [0.2, 0.25) is 0 Å². The van der Waals surface area contributed by atoms with Crippen molar-refractivity contribution in [2.45, 2.75) is 0 Å². The van der Waals surface area contributed by atoms with Gasteiger partial charge in [0, 0.05) is 39.0 Å². The third-order valence-electron chi connectivity index (χ3n) is 8.63. The summed E-state index contributed by atoms with van der Waals surface area (Å²) in [7, 11) is 0. The maximum atomic E-state index is 5.09. The highest BCUT2D eigenvalue weighted by Gasteiger charge is 2.17. The Morgan fingerprint density at radius 1 is 0.386 bits per heavy atom. The molecule has 0 radical (unpaired) electrons. The van der Waals surface area contributed by atoms with Gasteiger partial charge in [-0.05, 0) is 53.6 Å². The zero-order valence-corrected chi connectivity index (χ0v) is 23.8. The van der Waals surface area contributed by atoms with Gasteiger partial charge in [0.1, 0.15) is 0 Å². The van der Waals surface area contributed by atoms with E-state index in [2.05, 4.69) is 149 Å². The van der Waals surface area contributed by atoms with Gasteiger partial charge in [0.05, 0.1) is 27.8 Å². The van der Waals surface area contributed by atoms with Crippen LogP contribution in [0.25, 0.3) is 77.6 Å². The van der Waals surface area contributed by atoms with Crippen molar-refractivity contribution in [2.75, 3.05) is 0 Å². The third kappa shape index (κ3) is 3.78. The Hall–Kier alpha value is -6.00. The second kappa shape index (κ2) is 9.79. The molecule has 3 aromatic heterocycles. The Morgan fingerprint density at radius 2 is 0.909 bits per heavy atom. The Kier molecular flexibility index (Phi) is 5.47. The number of nitrogens with zero attached hydrogens (tertiary/aromatic N) is 4. The Bertz CT molecular complexity index is 2430. The van der Waals surface area contributed by atoms with Gasteiger partial charge >= 0.3 is 0 Å². The molecule has 206 valence electrons. The number of para-hydroxylation sites is 3. The molecule has 0 saturated heterocycles. The predicted molar refractivity (Wildman–Crippen MR) is 182 cm³/mol. The molecule has 9 aromatic rings. The molecule has 0 bridgehead atoms. The van der Waals surface area contributed by atoms with E-state index >= 15 is 0 Å². The van der Waals surface area contributed by atoms with Gasteiger partial charge in [-0.1, -0.05) is 109 Å². The zero-order valence-electron chi connectivity index (χ0n) is 23.8. The number of hydrogen-bond acceptors (Lipinski definition) is 2. The van der Waals surface area contributed by atoms with E-state index in [1.165, 1.54) is 43.7 Å². The number of fused-ring (bicyclic) bond motifs is 6. The van der Waals surface area contributed by atoms with Crippen LogP contribution in [0.5, 0.6) is 0 Å². The summed E-state index contributed by atoms with van der Waals surface area (Å²) in [4.78, 5) is 9.86. The number of rotatable bonds is 4. The minimum Gasteiger partial charge on any atom is -0.309 e. The molecule has 3 heterocycles. The van der Waals surface area contributed by atoms with Crippen LogP contribution in [0.15, 0.2) is 158 Å². The number of benzene rings is 6. The van der Waals surface area contributed by atoms with Gasteiger partial charge in [0.15, 0.2) is 0 Å². The van der Waals surface area contributed by atoms with Gasteiger partial charge in [-0.3, -0.25) is 4.57 Å². The standard InChI is InChI=1S/C40H26N4/c1-2-10-27(11-3-1)28-18-20-29(21-19-28)35-24-25-41-40(42-35)44-38-17-9-6-14-33(38)34-26-30(22-23-39(34)44)43-36-15-7-4-12-31(36)32-13-5-8-16-37(32)43/h1-26H. The molecule has 0 N–H and O–H groups in total. The summed E-state index contributed by atoms with van der Waals surface area (Å²) in [6.45, 7) is 0. The molecule has 0 aliphatic carbocycles.